The highest BCUT2D eigenvalue weighted by molar-refractivity contribution is 5.95. The summed E-state index contributed by atoms with van der Waals surface area (Å²) >= 11 is 0. The minimum Gasteiger partial charge on any atom is -0.332 e. The van der Waals surface area contributed by atoms with E-state index < -0.39 is 11.9 Å². The summed E-state index contributed by atoms with van der Waals surface area (Å²) < 4.78 is 15.0. The average Bonchev–Trinajstić information content (AvgIpc) is 2.79. The first kappa shape index (κ1) is 20.5. The first-order chi connectivity index (χ1) is 14.9. The zero-order valence-corrected chi connectivity index (χ0v) is 17.5. The molecular formula is C25H22FN3O2. The number of fused-ring (bicyclic) bond motifs is 1. The molecule has 0 N–H and O–H groups in total. The quantitative estimate of drug-likeness (QED) is 0.487. The summed E-state index contributed by atoms with van der Waals surface area (Å²) in [7, 11) is 1.69. The molecule has 0 saturated heterocycles. The van der Waals surface area contributed by atoms with Crippen molar-refractivity contribution in [3.8, 4) is 5.69 Å². The third-order valence-corrected chi connectivity index (χ3v) is 5.54. The molecule has 0 saturated carbocycles. The predicted molar refractivity (Wildman–Crippen MR) is 119 cm³/mol. The van der Waals surface area contributed by atoms with Crippen LogP contribution in [0.15, 0.2) is 77.6 Å². The largest absolute Gasteiger partial charge is 0.332 e. The van der Waals surface area contributed by atoms with Crippen LogP contribution in [0.2, 0.25) is 0 Å². The first-order valence-electron chi connectivity index (χ1n) is 9.99. The molecule has 0 aliphatic heterocycles. The molecule has 3 aromatic carbocycles. The summed E-state index contributed by atoms with van der Waals surface area (Å²) in [5.41, 5.74) is 2.23. The number of rotatable bonds is 4. The Bertz CT molecular complexity index is 1330. The Balaban J connectivity index is 1.88. The van der Waals surface area contributed by atoms with Gasteiger partial charge < -0.3 is 4.90 Å². The van der Waals surface area contributed by atoms with E-state index in [0.717, 1.165) is 5.56 Å². The Morgan fingerprint density at radius 2 is 1.65 bits per heavy atom. The average molecular weight is 415 g/mol. The molecule has 1 amide bonds. The third-order valence-electron chi connectivity index (χ3n) is 5.54. The summed E-state index contributed by atoms with van der Waals surface area (Å²) in [5, 5.41) is 0.454. The number of nitrogens with zero attached hydrogens (tertiary/aromatic N) is 3. The van der Waals surface area contributed by atoms with Crippen LogP contribution in [0.25, 0.3) is 16.6 Å². The number of halogens is 1. The van der Waals surface area contributed by atoms with Crippen molar-refractivity contribution in [1.82, 2.24) is 14.5 Å². The topological polar surface area (TPSA) is 55.2 Å². The van der Waals surface area contributed by atoms with Crippen molar-refractivity contribution in [1.29, 1.82) is 0 Å². The molecule has 5 nitrogen and oxygen atoms in total. The van der Waals surface area contributed by atoms with Gasteiger partial charge >= 0.3 is 0 Å². The molecule has 0 bridgehead atoms. The zero-order chi connectivity index (χ0) is 22.1. The highest BCUT2D eigenvalue weighted by atomic mass is 19.1. The molecule has 4 aromatic rings. The van der Waals surface area contributed by atoms with Gasteiger partial charge in [-0.25, -0.2) is 9.37 Å². The molecule has 1 atom stereocenters. The number of aryl methyl sites for hydroxylation is 1. The number of aromatic nitrogens is 2. The monoisotopic (exact) mass is 415 g/mol. The van der Waals surface area contributed by atoms with Crippen molar-refractivity contribution in [3.63, 3.8) is 0 Å². The number of hydrogen-bond acceptors (Lipinski definition) is 3. The van der Waals surface area contributed by atoms with Crippen molar-refractivity contribution in [3.05, 3.63) is 106 Å². The second kappa shape index (κ2) is 8.14. The van der Waals surface area contributed by atoms with Gasteiger partial charge in [0, 0.05) is 12.6 Å². The molecule has 31 heavy (non-hydrogen) atoms. The van der Waals surface area contributed by atoms with Crippen LogP contribution >= 0.6 is 0 Å². The van der Waals surface area contributed by atoms with Gasteiger partial charge in [-0.15, -0.1) is 0 Å². The van der Waals surface area contributed by atoms with Crippen LogP contribution in [-0.2, 0) is 0 Å². The molecule has 1 heterocycles. The molecule has 6 heteroatoms. The summed E-state index contributed by atoms with van der Waals surface area (Å²) in [6, 6.07) is 19.6. The van der Waals surface area contributed by atoms with Crippen LogP contribution in [0.4, 0.5) is 4.39 Å². The maximum absolute atomic E-state index is 13.5. The Morgan fingerprint density at radius 3 is 2.35 bits per heavy atom. The van der Waals surface area contributed by atoms with Gasteiger partial charge in [0.25, 0.3) is 11.5 Å². The van der Waals surface area contributed by atoms with Crippen LogP contribution in [0.3, 0.4) is 0 Å². The van der Waals surface area contributed by atoms with Gasteiger partial charge in [-0.05, 0) is 61.9 Å². The third kappa shape index (κ3) is 3.72. The molecule has 0 aliphatic rings. The molecule has 156 valence electrons. The first-order valence-corrected chi connectivity index (χ1v) is 9.99. The van der Waals surface area contributed by atoms with E-state index in [1.165, 1.54) is 28.8 Å². The van der Waals surface area contributed by atoms with Crippen molar-refractivity contribution < 1.29 is 9.18 Å². The number of hydrogen-bond donors (Lipinski definition) is 0. The van der Waals surface area contributed by atoms with Crippen molar-refractivity contribution in [2.45, 2.75) is 19.9 Å². The van der Waals surface area contributed by atoms with Gasteiger partial charge in [-0.3, -0.25) is 14.2 Å². The molecule has 0 spiro atoms. The van der Waals surface area contributed by atoms with Crippen LogP contribution in [-0.4, -0.2) is 27.4 Å². The molecule has 1 unspecified atom stereocenters. The summed E-state index contributed by atoms with van der Waals surface area (Å²) in [6.45, 7) is 3.71. The minimum atomic E-state index is -0.519. The van der Waals surface area contributed by atoms with E-state index in [0.29, 0.717) is 28.0 Å². The normalized spacial score (nSPS) is 12.0. The molecule has 4 rings (SSSR count). The standard InChI is InChI=1S/C25H22FN3O2/c1-16-8-4-5-9-20(16)24(30)28(3)17(2)23-27-22-11-7-6-10-21(22)25(31)29(23)19-14-12-18(26)13-15-19/h4-15,17H,1-3H3. The SMILES string of the molecule is Cc1ccccc1C(=O)N(C)C(C)c1nc2ccccc2c(=O)n1-c1ccc(F)cc1. The highest BCUT2D eigenvalue weighted by Gasteiger charge is 2.25. The van der Waals surface area contributed by atoms with Gasteiger partial charge in [-0.2, -0.15) is 0 Å². The van der Waals surface area contributed by atoms with E-state index >= 15 is 0 Å². The van der Waals surface area contributed by atoms with Crippen molar-refractivity contribution >= 4 is 16.8 Å². The number of carbonyl (C=O) groups excluding carboxylic acids is 1. The summed E-state index contributed by atoms with van der Waals surface area (Å²) in [4.78, 5) is 32.9. The van der Waals surface area contributed by atoms with E-state index in [4.69, 9.17) is 4.98 Å². The molecule has 0 aliphatic carbocycles. The number of amides is 1. The minimum absolute atomic E-state index is 0.168. The number of carbonyl (C=O) groups is 1. The molecule has 0 radical (unpaired) electrons. The van der Waals surface area contributed by atoms with E-state index in [2.05, 4.69) is 0 Å². The molecule has 1 aromatic heterocycles. The second-order valence-corrected chi connectivity index (χ2v) is 7.51. The Morgan fingerprint density at radius 1 is 1.00 bits per heavy atom. The van der Waals surface area contributed by atoms with Crippen LogP contribution < -0.4 is 5.56 Å². The van der Waals surface area contributed by atoms with E-state index in [1.54, 1.807) is 36.2 Å². The van der Waals surface area contributed by atoms with Gasteiger partial charge in [0.1, 0.15) is 11.6 Å². The van der Waals surface area contributed by atoms with Gasteiger partial charge in [0.2, 0.25) is 0 Å². The predicted octanol–water partition coefficient (Wildman–Crippen LogP) is 4.67. The van der Waals surface area contributed by atoms with Crippen LogP contribution in [0, 0.1) is 12.7 Å². The lowest BCUT2D eigenvalue weighted by Crippen LogP contribution is -2.35. The number of para-hydroxylation sites is 1. The lowest BCUT2D eigenvalue weighted by molar-refractivity contribution is 0.0734. The smallest absolute Gasteiger partial charge is 0.266 e. The maximum Gasteiger partial charge on any atom is 0.266 e. The van der Waals surface area contributed by atoms with Gasteiger partial charge in [-0.1, -0.05) is 30.3 Å². The number of benzene rings is 3. The highest BCUT2D eigenvalue weighted by Crippen LogP contribution is 2.24. The Labute approximate surface area is 179 Å². The van der Waals surface area contributed by atoms with Crippen molar-refractivity contribution in [2.24, 2.45) is 0 Å². The van der Waals surface area contributed by atoms with Crippen LogP contribution in [0.1, 0.15) is 34.7 Å². The lowest BCUT2D eigenvalue weighted by Gasteiger charge is -2.27. The van der Waals surface area contributed by atoms with E-state index in [1.807, 2.05) is 38.1 Å². The van der Waals surface area contributed by atoms with Crippen LogP contribution in [0.5, 0.6) is 0 Å². The fraction of sp³-hybridized carbons (Fsp3) is 0.160. The fourth-order valence-corrected chi connectivity index (χ4v) is 3.62. The van der Waals surface area contributed by atoms with E-state index in [-0.39, 0.29) is 11.5 Å². The Kier molecular flexibility index (Phi) is 5.38. The summed E-state index contributed by atoms with van der Waals surface area (Å²) in [5.74, 6) is -0.162. The summed E-state index contributed by atoms with van der Waals surface area (Å²) in [6.07, 6.45) is 0. The second-order valence-electron chi connectivity index (χ2n) is 7.51. The Hall–Kier alpha value is -3.80. The molecule has 0 fully saturated rings. The molecular weight excluding hydrogens is 393 g/mol. The van der Waals surface area contributed by atoms with Gasteiger partial charge in [0.05, 0.1) is 22.6 Å². The van der Waals surface area contributed by atoms with E-state index in [9.17, 15) is 14.0 Å². The lowest BCUT2D eigenvalue weighted by atomic mass is 10.1. The van der Waals surface area contributed by atoms with Crippen molar-refractivity contribution in [2.75, 3.05) is 7.05 Å². The maximum atomic E-state index is 13.5. The van der Waals surface area contributed by atoms with Gasteiger partial charge in [0.15, 0.2) is 0 Å². The zero-order valence-electron chi connectivity index (χ0n) is 17.5. The fourth-order valence-electron chi connectivity index (χ4n) is 3.62.